The summed E-state index contributed by atoms with van der Waals surface area (Å²) >= 11 is 0. The van der Waals surface area contributed by atoms with Crippen LogP contribution in [-0.4, -0.2) is 25.8 Å². The summed E-state index contributed by atoms with van der Waals surface area (Å²) < 4.78 is 5.83. The largest absolute Gasteiger partial charge is 0.376 e. The Morgan fingerprint density at radius 3 is 2.27 bits per heavy atom. The third-order valence-electron chi connectivity index (χ3n) is 3.38. The standard InChI is InChI=1S/C13H27NO/c1-12(2,3)15-10-9-13(11-14-4)7-5-6-8-13/h14H,5-11H2,1-4H3. The molecule has 0 atom stereocenters. The summed E-state index contributed by atoms with van der Waals surface area (Å²) in [6.07, 6.45) is 6.77. The lowest BCUT2D eigenvalue weighted by molar-refractivity contribution is -0.0181. The van der Waals surface area contributed by atoms with Gasteiger partial charge in [-0.15, -0.1) is 0 Å². The van der Waals surface area contributed by atoms with Crippen LogP contribution in [0.3, 0.4) is 0 Å². The molecule has 15 heavy (non-hydrogen) atoms. The van der Waals surface area contributed by atoms with Gasteiger partial charge in [0.1, 0.15) is 0 Å². The van der Waals surface area contributed by atoms with Gasteiger partial charge in [-0.3, -0.25) is 0 Å². The minimum Gasteiger partial charge on any atom is -0.376 e. The fourth-order valence-corrected chi connectivity index (χ4v) is 2.59. The molecule has 0 saturated heterocycles. The number of rotatable bonds is 5. The minimum absolute atomic E-state index is 0.0133. The lowest BCUT2D eigenvalue weighted by Crippen LogP contribution is -2.32. The Morgan fingerprint density at radius 1 is 1.20 bits per heavy atom. The molecule has 0 aliphatic heterocycles. The van der Waals surface area contributed by atoms with Crippen molar-refractivity contribution < 1.29 is 4.74 Å². The van der Waals surface area contributed by atoms with E-state index in [2.05, 4.69) is 33.1 Å². The van der Waals surface area contributed by atoms with Gasteiger partial charge in [-0.05, 0) is 52.5 Å². The fourth-order valence-electron chi connectivity index (χ4n) is 2.59. The zero-order valence-electron chi connectivity index (χ0n) is 10.9. The smallest absolute Gasteiger partial charge is 0.0598 e. The average molecular weight is 213 g/mol. The van der Waals surface area contributed by atoms with Crippen molar-refractivity contribution in [3.63, 3.8) is 0 Å². The summed E-state index contributed by atoms with van der Waals surface area (Å²) in [4.78, 5) is 0. The van der Waals surface area contributed by atoms with Crippen LogP contribution >= 0.6 is 0 Å². The maximum Gasteiger partial charge on any atom is 0.0598 e. The molecule has 2 nitrogen and oxygen atoms in total. The monoisotopic (exact) mass is 213 g/mol. The van der Waals surface area contributed by atoms with Crippen molar-refractivity contribution in [2.24, 2.45) is 5.41 Å². The van der Waals surface area contributed by atoms with Crippen LogP contribution in [-0.2, 0) is 4.74 Å². The molecule has 1 aliphatic rings. The summed E-state index contributed by atoms with van der Waals surface area (Å²) in [5.74, 6) is 0. The van der Waals surface area contributed by atoms with Crippen LogP contribution in [0.15, 0.2) is 0 Å². The van der Waals surface area contributed by atoms with E-state index in [0.29, 0.717) is 5.41 Å². The Kier molecular flexibility index (Phi) is 4.60. The molecule has 0 spiro atoms. The Labute approximate surface area is 94.8 Å². The highest BCUT2D eigenvalue weighted by molar-refractivity contribution is 4.86. The number of nitrogens with one attached hydrogen (secondary N) is 1. The van der Waals surface area contributed by atoms with Gasteiger partial charge >= 0.3 is 0 Å². The normalized spacial score (nSPS) is 20.8. The molecule has 0 aromatic heterocycles. The lowest BCUT2D eigenvalue weighted by Gasteiger charge is -2.30. The third kappa shape index (κ3) is 4.52. The van der Waals surface area contributed by atoms with Crippen LogP contribution in [0.2, 0.25) is 0 Å². The first-order valence-electron chi connectivity index (χ1n) is 6.26. The summed E-state index contributed by atoms with van der Waals surface area (Å²) in [5.41, 5.74) is 0.541. The molecule has 0 bridgehead atoms. The molecule has 2 heteroatoms. The quantitative estimate of drug-likeness (QED) is 0.758. The molecular weight excluding hydrogens is 186 g/mol. The molecule has 1 rings (SSSR count). The van der Waals surface area contributed by atoms with Gasteiger partial charge in [0.15, 0.2) is 0 Å². The van der Waals surface area contributed by atoms with E-state index in [1.54, 1.807) is 0 Å². The molecule has 90 valence electrons. The van der Waals surface area contributed by atoms with E-state index in [-0.39, 0.29) is 5.60 Å². The Hall–Kier alpha value is -0.0800. The molecule has 0 amide bonds. The summed E-state index contributed by atoms with van der Waals surface area (Å²) in [6, 6.07) is 0. The molecule has 0 heterocycles. The van der Waals surface area contributed by atoms with Crippen LogP contribution in [0, 0.1) is 5.41 Å². The van der Waals surface area contributed by atoms with Crippen LogP contribution < -0.4 is 5.32 Å². The zero-order chi connectivity index (χ0) is 11.4. The Morgan fingerprint density at radius 2 is 1.80 bits per heavy atom. The highest BCUT2D eigenvalue weighted by Gasteiger charge is 2.33. The second-order valence-electron chi connectivity index (χ2n) is 5.95. The molecule has 1 saturated carbocycles. The van der Waals surface area contributed by atoms with Crippen molar-refractivity contribution in [1.82, 2.24) is 5.32 Å². The van der Waals surface area contributed by atoms with E-state index in [0.717, 1.165) is 13.2 Å². The predicted octanol–water partition coefficient (Wildman–Crippen LogP) is 2.97. The van der Waals surface area contributed by atoms with Gasteiger partial charge in [-0.2, -0.15) is 0 Å². The first-order valence-corrected chi connectivity index (χ1v) is 6.26. The number of hydrogen-bond donors (Lipinski definition) is 1. The maximum absolute atomic E-state index is 5.83. The van der Waals surface area contributed by atoms with Gasteiger partial charge in [-0.1, -0.05) is 12.8 Å². The van der Waals surface area contributed by atoms with Gasteiger partial charge < -0.3 is 10.1 Å². The molecule has 0 aromatic carbocycles. The van der Waals surface area contributed by atoms with Gasteiger partial charge in [-0.25, -0.2) is 0 Å². The van der Waals surface area contributed by atoms with Crippen molar-refractivity contribution in [1.29, 1.82) is 0 Å². The van der Waals surface area contributed by atoms with Gasteiger partial charge in [0.2, 0.25) is 0 Å². The summed E-state index contributed by atoms with van der Waals surface area (Å²) in [7, 11) is 2.06. The van der Waals surface area contributed by atoms with E-state index >= 15 is 0 Å². The molecular formula is C13H27NO. The van der Waals surface area contributed by atoms with E-state index in [4.69, 9.17) is 4.74 Å². The summed E-state index contributed by atoms with van der Waals surface area (Å²) in [5, 5.41) is 3.34. The summed E-state index contributed by atoms with van der Waals surface area (Å²) in [6.45, 7) is 8.46. The average Bonchev–Trinajstić information content (AvgIpc) is 2.52. The van der Waals surface area contributed by atoms with Crippen molar-refractivity contribution >= 4 is 0 Å². The lowest BCUT2D eigenvalue weighted by atomic mass is 9.83. The Balaban J connectivity index is 2.32. The van der Waals surface area contributed by atoms with Crippen molar-refractivity contribution in [2.75, 3.05) is 20.2 Å². The van der Waals surface area contributed by atoms with Crippen molar-refractivity contribution in [3.8, 4) is 0 Å². The van der Waals surface area contributed by atoms with Crippen LogP contribution in [0.1, 0.15) is 52.9 Å². The maximum atomic E-state index is 5.83. The molecule has 1 N–H and O–H groups in total. The molecule has 1 aliphatic carbocycles. The number of hydrogen-bond acceptors (Lipinski definition) is 2. The van der Waals surface area contributed by atoms with Crippen LogP contribution in [0.4, 0.5) is 0 Å². The van der Waals surface area contributed by atoms with Crippen LogP contribution in [0.25, 0.3) is 0 Å². The first-order chi connectivity index (χ1) is 6.97. The molecule has 0 unspecified atom stereocenters. The second kappa shape index (κ2) is 5.31. The van der Waals surface area contributed by atoms with E-state index < -0.39 is 0 Å². The predicted molar refractivity (Wildman–Crippen MR) is 65.1 cm³/mol. The fraction of sp³-hybridized carbons (Fsp3) is 1.00. The highest BCUT2D eigenvalue weighted by atomic mass is 16.5. The highest BCUT2D eigenvalue weighted by Crippen LogP contribution is 2.40. The van der Waals surface area contributed by atoms with Crippen molar-refractivity contribution in [3.05, 3.63) is 0 Å². The van der Waals surface area contributed by atoms with E-state index in [9.17, 15) is 0 Å². The number of ether oxygens (including phenoxy) is 1. The van der Waals surface area contributed by atoms with Gasteiger partial charge in [0, 0.05) is 13.2 Å². The SMILES string of the molecule is CNCC1(CCOC(C)(C)C)CCCC1. The molecule has 1 fully saturated rings. The van der Waals surface area contributed by atoms with E-state index in [1.165, 1.54) is 32.1 Å². The minimum atomic E-state index is 0.0133. The van der Waals surface area contributed by atoms with Crippen molar-refractivity contribution in [2.45, 2.75) is 58.5 Å². The van der Waals surface area contributed by atoms with Crippen LogP contribution in [0.5, 0.6) is 0 Å². The van der Waals surface area contributed by atoms with Gasteiger partial charge in [0.25, 0.3) is 0 Å². The molecule has 0 radical (unpaired) electrons. The second-order valence-corrected chi connectivity index (χ2v) is 5.95. The third-order valence-corrected chi connectivity index (χ3v) is 3.38. The van der Waals surface area contributed by atoms with Gasteiger partial charge in [0.05, 0.1) is 5.60 Å². The topological polar surface area (TPSA) is 21.3 Å². The first kappa shape index (κ1) is 13.0. The van der Waals surface area contributed by atoms with E-state index in [1.807, 2.05) is 0 Å². The zero-order valence-corrected chi connectivity index (χ0v) is 10.9. The molecule has 0 aromatic rings. The Bertz CT molecular complexity index is 177.